The van der Waals surface area contributed by atoms with Crippen molar-refractivity contribution in [3.8, 4) is 0 Å². The number of para-hydroxylation sites is 1. The van der Waals surface area contributed by atoms with Gasteiger partial charge in [0.15, 0.2) is 0 Å². The van der Waals surface area contributed by atoms with E-state index < -0.39 is 0 Å². The number of benzene rings is 2. The Bertz CT molecular complexity index is 759. The van der Waals surface area contributed by atoms with Crippen LogP contribution in [0.5, 0.6) is 0 Å². The van der Waals surface area contributed by atoms with Gasteiger partial charge in [0.25, 0.3) is 5.91 Å². The molecule has 1 aliphatic rings. The molecule has 2 aromatic carbocycles. The number of hydrogen-bond donors (Lipinski definition) is 1. The molecule has 1 heterocycles. The average Bonchev–Trinajstić information content (AvgIpc) is 3.02. The summed E-state index contributed by atoms with van der Waals surface area (Å²) in [5.41, 5.74) is 2.51. The van der Waals surface area contributed by atoms with Crippen molar-refractivity contribution in [3.05, 3.63) is 59.7 Å². The molecule has 0 saturated carbocycles. The topological polar surface area (TPSA) is 49.4 Å². The second-order valence-corrected chi connectivity index (χ2v) is 7.30. The monoisotopic (exact) mass is 354 g/mol. The van der Waals surface area contributed by atoms with Crippen LogP contribution < -0.4 is 5.32 Å². The summed E-state index contributed by atoms with van der Waals surface area (Å²) in [6.45, 7) is 3.54. The number of nitrogens with zero attached hydrogens (tertiary/aromatic N) is 1. The summed E-state index contributed by atoms with van der Waals surface area (Å²) in [7, 11) is 0. The molecular weight excluding hydrogens is 332 g/mol. The van der Waals surface area contributed by atoms with E-state index >= 15 is 0 Å². The number of hydrogen-bond acceptors (Lipinski definition) is 3. The van der Waals surface area contributed by atoms with E-state index in [1.807, 2.05) is 53.4 Å². The van der Waals surface area contributed by atoms with Gasteiger partial charge in [-0.3, -0.25) is 9.59 Å². The van der Waals surface area contributed by atoms with Crippen molar-refractivity contribution >= 4 is 29.3 Å². The van der Waals surface area contributed by atoms with Crippen LogP contribution in [0.1, 0.15) is 35.7 Å². The highest BCUT2D eigenvalue weighted by molar-refractivity contribution is 7.99. The van der Waals surface area contributed by atoms with Crippen LogP contribution in [0.3, 0.4) is 0 Å². The lowest BCUT2D eigenvalue weighted by atomic mass is 10.1. The molecular formula is C20H22N2O2S. The van der Waals surface area contributed by atoms with Crippen molar-refractivity contribution in [3.63, 3.8) is 0 Å². The molecule has 130 valence electrons. The minimum Gasteiger partial charge on any atom is -0.338 e. The highest BCUT2D eigenvalue weighted by atomic mass is 32.2. The van der Waals surface area contributed by atoms with Crippen LogP contribution >= 0.6 is 11.8 Å². The number of anilines is 1. The molecule has 0 bridgehead atoms. The summed E-state index contributed by atoms with van der Waals surface area (Å²) in [6, 6.07) is 15.3. The third kappa shape index (κ3) is 4.42. The van der Waals surface area contributed by atoms with E-state index in [-0.39, 0.29) is 11.8 Å². The zero-order valence-corrected chi connectivity index (χ0v) is 15.1. The Morgan fingerprint density at radius 3 is 2.60 bits per heavy atom. The number of carbonyl (C=O) groups excluding carboxylic acids is 2. The molecule has 1 fully saturated rings. The quantitative estimate of drug-likeness (QED) is 0.792. The van der Waals surface area contributed by atoms with Crippen molar-refractivity contribution in [2.75, 3.05) is 17.6 Å². The third-order valence-corrected chi connectivity index (χ3v) is 5.15. The van der Waals surface area contributed by atoms with Crippen molar-refractivity contribution in [1.82, 2.24) is 4.90 Å². The van der Waals surface area contributed by atoms with Gasteiger partial charge < -0.3 is 10.2 Å². The number of likely N-dealkylation sites (tertiary alicyclic amines) is 1. The number of rotatable bonds is 6. The Kier molecular flexibility index (Phi) is 5.76. The number of nitrogens with one attached hydrogen (secondary N) is 1. The molecule has 2 aromatic rings. The van der Waals surface area contributed by atoms with E-state index in [1.165, 1.54) is 0 Å². The summed E-state index contributed by atoms with van der Waals surface area (Å²) < 4.78 is 0. The summed E-state index contributed by atoms with van der Waals surface area (Å²) in [5, 5.41) is 2.99. The highest BCUT2D eigenvalue weighted by Gasteiger charge is 2.20. The first-order valence-electron chi connectivity index (χ1n) is 8.57. The van der Waals surface area contributed by atoms with Gasteiger partial charge in [0.05, 0.1) is 5.69 Å². The van der Waals surface area contributed by atoms with Gasteiger partial charge in [-0.1, -0.05) is 31.2 Å². The smallest absolute Gasteiger partial charge is 0.255 e. The maximum absolute atomic E-state index is 12.5. The number of amides is 2. The Hall–Kier alpha value is -2.27. The van der Waals surface area contributed by atoms with Crippen molar-refractivity contribution < 1.29 is 9.59 Å². The van der Waals surface area contributed by atoms with E-state index in [0.29, 0.717) is 18.5 Å². The van der Waals surface area contributed by atoms with Crippen LogP contribution in [0.4, 0.5) is 5.69 Å². The van der Waals surface area contributed by atoms with Gasteiger partial charge in [0, 0.05) is 30.0 Å². The highest BCUT2D eigenvalue weighted by Crippen LogP contribution is 2.27. The Morgan fingerprint density at radius 1 is 1.16 bits per heavy atom. The Balaban J connectivity index is 1.66. The van der Waals surface area contributed by atoms with Gasteiger partial charge in [-0.15, -0.1) is 11.8 Å². The zero-order valence-electron chi connectivity index (χ0n) is 14.3. The molecule has 1 saturated heterocycles. The molecule has 1 aliphatic heterocycles. The van der Waals surface area contributed by atoms with Crippen LogP contribution in [-0.4, -0.2) is 29.0 Å². The predicted molar refractivity (Wildman–Crippen MR) is 102 cm³/mol. The van der Waals surface area contributed by atoms with E-state index in [2.05, 4.69) is 12.2 Å². The molecule has 0 spiro atoms. The minimum absolute atomic E-state index is 0.118. The Labute approximate surface area is 152 Å². The number of thioether (sulfide) groups is 1. The maximum atomic E-state index is 12.5. The van der Waals surface area contributed by atoms with Crippen LogP contribution in [0, 0.1) is 0 Å². The summed E-state index contributed by atoms with van der Waals surface area (Å²) in [6.07, 6.45) is 1.59. The average molecular weight is 354 g/mol. The lowest BCUT2D eigenvalue weighted by molar-refractivity contribution is -0.128. The molecule has 0 unspecified atom stereocenters. The van der Waals surface area contributed by atoms with Crippen LogP contribution in [0.2, 0.25) is 0 Å². The first-order valence-corrected chi connectivity index (χ1v) is 9.56. The van der Waals surface area contributed by atoms with Gasteiger partial charge in [-0.2, -0.15) is 0 Å². The standard InChI is InChI=1S/C20H22N2O2S/c1-2-25-18-7-4-3-6-17(18)21-20(24)16-11-9-15(10-12-16)14-22-13-5-8-19(22)23/h3-4,6-7,9-12H,2,5,8,13-14H2,1H3,(H,21,24). The van der Waals surface area contributed by atoms with Gasteiger partial charge in [0.2, 0.25) is 5.91 Å². The Morgan fingerprint density at radius 2 is 1.92 bits per heavy atom. The normalized spacial score (nSPS) is 14.0. The molecule has 1 N–H and O–H groups in total. The van der Waals surface area contributed by atoms with Gasteiger partial charge in [-0.05, 0) is 42.0 Å². The lowest BCUT2D eigenvalue weighted by Gasteiger charge is -2.15. The molecule has 0 aliphatic carbocycles. The largest absolute Gasteiger partial charge is 0.338 e. The molecule has 5 heteroatoms. The summed E-state index contributed by atoms with van der Waals surface area (Å²) >= 11 is 1.71. The van der Waals surface area contributed by atoms with Gasteiger partial charge in [0.1, 0.15) is 0 Å². The molecule has 25 heavy (non-hydrogen) atoms. The molecule has 3 rings (SSSR count). The van der Waals surface area contributed by atoms with Crippen molar-refractivity contribution in [2.24, 2.45) is 0 Å². The van der Waals surface area contributed by atoms with E-state index in [0.717, 1.165) is 34.9 Å². The fourth-order valence-electron chi connectivity index (χ4n) is 2.90. The van der Waals surface area contributed by atoms with E-state index in [4.69, 9.17) is 0 Å². The minimum atomic E-state index is -0.118. The van der Waals surface area contributed by atoms with Crippen LogP contribution in [-0.2, 0) is 11.3 Å². The molecule has 2 amide bonds. The fourth-order valence-corrected chi connectivity index (χ4v) is 3.66. The first-order chi connectivity index (χ1) is 12.2. The third-order valence-electron chi connectivity index (χ3n) is 4.20. The second kappa shape index (κ2) is 8.21. The van der Waals surface area contributed by atoms with Crippen molar-refractivity contribution in [1.29, 1.82) is 0 Å². The first kappa shape index (κ1) is 17.5. The SMILES string of the molecule is CCSc1ccccc1NC(=O)c1ccc(CN2CCCC2=O)cc1. The van der Waals surface area contributed by atoms with Crippen LogP contribution in [0.15, 0.2) is 53.4 Å². The number of carbonyl (C=O) groups is 2. The van der Waals surface area contributed by atoms with E-state index in [9.17, 15) is 9.59 Å². The lowest BCUT2D eigenvalue weighted by Crippen LogP contribution is -2.23. The predicted octanol–water partition coefficient (Wildman–Crippen LogP) is 4.17. The molecule has 0 atom stereocenters. The summed E-state index contributed by atoms with van der Waals surface area (Å²) in [5.74, 6) is 1.05. The molecule has 0 radical (unpaired) electrons. The molecule has 0 aromatic heterocycles. The van der Waals surface area contributed by atoms with Crippen molar-refractivity contribution in [2.45, 2.75) is 31.2 Å². The summed E-state index contributed by atoms with van der Waals surface area (Å²) in [4.78, 5) is 27.1. The van der Waals surface area contributed by atoms with Gasteiger partial charge >= 0.3 is 0 Å². The second-order valence-electron chi connectivity index (χ2n) is 6.00. The van der Waals surface area contributed by atoms with Crippen LogP contribution in [0.25, 0.3) is 0 Å². The fraction of sp³-hybridized carbons (Fsp3) is 0.300. The van der Waals surface area contributed by atoms with Gasteiger partial charge in [-0.25, -0.2) is 0 Å². The maximum Gasteiger partial charge on any atom is 0.255 e. The van der Waals surface area contributed by atoms with E-state index in [1.54, 1.807) is 11.8 Å². The zero-order chi connectivity index (χ0) is 17.6. The molecule has 4 nitrogen and oxygen atoms in total.